The summed E-state index contributed by atoms with van der Waals surface area (Å²) in [5, 5.41) is 6.69. The first-order valence-electron chi connectivity index (χ1n) is 6.24. The Bertz CT molecular complexity index is 396. The maximum Gasteiger partial charge on any atom is 0.0975 e. The summed E-state index contributed by atoms with van der Waals surface area (Å²) in [6.45, 7) is 4.69. The van der Waals surface area contributed by atoms with Crippen LogP contribution in [0.5, 0.6) is 0 Å². The molecule has 1 atom stereocenters. The van der Waals surface area contributed by atoms with Crippen LogP contribution >= 0.6 is 0 Å². The lowest BCUT2D eigenvalue weighted by Gasteiger charge is -2.23. The first kappa shape index (κ1) is 14.4. The molecule has 0 aliphatic heterocycles. The minimum Gasteiger partial charge on any atom is -0.385 e. The average molecular weight is 246 g/mol. The Hall–Kier alpha value is -1.68. The van der Waals surface area contributed by atoms with Crippen molar-refractivity contribution < 1.29 is 0 Å². The third-order valence-corrected chi connectivity index (χ3v) is 2.86. The summed E-state index contributed by atoms with van der Waals surface area (Å²) in [7, 11) is 0. The molecule has 4 N–H and O–H groups in total. The van der Waals surface area contributed by atoms with Crippen molar-refractivity contribution in [3.05, 3.63) is 47.8 Å². The number of hydrogen-bond donors (Lipinski definition) is 3. The van der Waals surface area contributed by atoms with E-state index in [-0.39, 0.29) is 0 Å². The second-order valence-electron chi connectivity index (χ2n) is 4.68. The quantitative estimate of drug-likeness (QED) is 0.646. The van der Waals surface area contributed by atoms with Crippen LogP contribution in [0.1, 0.15) is 32.3 Å². The molecule has 0 aliphatic rings. The van der Waals surface area contributed by atoms with Crippen LogP contribution in [0.4, 0.5) is 0 Å². The van der Waals surface area contributed by atoms with Crippen molar-refractivity contribution in [2.24, 2.45) is 10.8 Å². The lowest BCUT2D eigenvalue weighted by atomic mass is 9.94. The lowest BCUT2D eigenvalue weighted by molar-refractivity contribution is 0.482. The van der Waals surface area contributed by atoms with Crippen LogP contribution in [0.25, 0.3) is 0 Å². The normalized spacial score (nSPS) is 14.9. The van der Waals surface area contributed by atoms with Gasteiger partial charge in [-0.1, -0.05) is 43.7 Å². The molecule has 0 saturated carbocycles. The molecule has 4 nitrogen and oxygen atoms in total. The molecule has 0 bridgehead atoms. The van der Waals surface area contributed by atoms with E-state index in [1.54, 1.807) is 6.20 Å². The van der Waals surface area contributed by atoms with Gasteiger partial charge >= 0.3 is 0 Å². The third-order valence-electron chi connectivity index (χ3n) is 2.86. The highest BCUT2D eigenvalue weighted by Crippen LogP contribution is 2.19. The smallest absolute Gasteiger partial charge is 0.0975 e. The summed E-state index contributed by atoms with van der Waals surface area (Å²) in [5.74, 6) is 0. The van der Waals surface area contributed by atoms with Crippen molar-refractivity contribution in [2.45, 2.75) is 38.8 Å². The fraction of sp³-hybridized carbons (Fsp3) is 0.429. The Morgan fingerprint density at radius 3 is 2.67 bits per heavy atom. The van der Waals surface area contributed by atoms with Crippen LogP contribution in [0.3, 0.4) is 0 Å². The summed E-state index contributed by atoms with van der Waals surface area (Å²) in [5.41, 5.74) is 14.6. The van der Waals surface area contributed by atoms with Crippen LogP contribution in [-0.4, -0.2) is 5.54 Å². The van der Waals surface area contributed by atoms with Gasteiger partial charge in [0.15, 0.2) is 0 Å². The van der Waals surface area contributed by atoms with Gasteiger partial charge in [0.1, 0.15) is 0 Å². The molecule has 0 amide bonds. The van der Waals surface area contributed by atoms with E-state index in [1.807, 2.05) is 37.3 Å². The van der Waals surface area contributed by atoms with Gasteiger partial charge in [-0.05, 0) is 18.9 Å². The monoisotopic (exact) mass is 246 g/mol. The van der Waals surface area contributed by atoms with Gasteiger partial charge in [0, 0.05) is 12.7 Å². The molecule has 0 radical (unpaired) electrons. The van der Waals surface area contributed by atoms with Crippen molar-refractivity contribution in [1.82, 2.24) is 5.32 Å². The van der Waals surface area contributed by atoms with Crippen LogP contribution in [0, 0.1) is 5.53 Å². The van der Waals surface area contributed by atoms with Crippen molar-refractivity contribution in [1.29, 1.82) is 5.53 Å². The predicted molar refractivity (Wildman–Crippen MR) is 74.0 cm³/mol. The molecule has 0 heterocycles. The Kier molecular flexibility index (Phi) is 5.52. The zero-order valence-electron chi connectivity index (χ0n) is 11.1. The second-order valence-corrected chi connectivity index (χ2v) is 4.68. The van der Waals surface area contributed by atoms with Crippen molar-refractivity contribution >= 4 is 0 Å². The van der Waals surface area contributed by atoms with E-state index in [0.29, 0.717) is 12.2 Å². The van der Waals surface area contributed by atoms with Gasteiger partial charge in [0.2, 0.25) is 0 Å². The Morgan fingerprint density at radius 2 is 2.11 bits per heavy atom. The predicted octanol–water partition coefficient (Wildman–Crippen LogP) is 3.17. The SMILES string of the molecule is CCCC(C)(N)/C(=C/NCc1ccccc1)N=N. The fourth-order valence-corrected chi connectivity index (χ4v) is 1.83. The molecule has 0 aromatic heterocycles. The molecule has 0 spiro atoms. The average Bonchev–Trinajstić information content (AvgIpc) is 2.35. The molecule has 1 rings (SSSR count). The summed E-state index contributed by atoms with van der Waals surface area (Å²) >= 11 is 0. The molecule has 1 unspecified atom stereocenters. The number of hydrogen-bond acceptors (Lipinski definition) is 4. The molecule has 98 valence electrons. The molecule has 4 heteroatoms. The van der Waals surface area contributed by atoms with Gasteiger partial charge in [-0.2, -0.15) is 5.11 Å². The van der Waals surface area contributed by atoms with E-state index in [1.165, 1.54) is 5.56 Å². The Morgan fingerprint density at radius 1 is 1.44 bits per heavy atom. The summed E-state index contributed by atoms with van der Waals surface area (Å²) in [6, 6.07) is 10.1. The Labute approximate surface area is 109 Å². The molecule has 0 fully saturated rings. The van der Waals surface area contributed by atoms with E-state index >= 15 is 0 Å². The zero-order valence-corrected chi connectivity index (χ0v) is 11.1. The number of rotatable bonds is 7. The highest BCUT2D eigenvalue weighted by atomic mass is 15.0. The van der Waals surface area contributed by atoms with Gasteiger partial charge in [-0.15, -0.1) is 0 Å². The van der Waals surface area contributed by atoms with Crippen LogP contribution in [0.15, 0.2) is 47.3 Å². The highest BCUT2D eigenvalue weighted by Gasteiger charge is 2.22. The summed E-state index contributed by atoms with van der Waals surface area (Å²) in [6.07, 6.45) is 3.53. The fourth-order valence-electron chi connectivity index (χ4n) is 1.83. The molecular weight excluding hydrogens is 224 g/mol. The summed E-state index contributed by atoms with van der Waals surface area (Å²) in [4.78, 5) is 0. The van der Waals surface area contributed by atoms with E-state index in [2.05, 4.69) is 17.4 Å². The van der Waals surface area contributed by atoms with Crippen LogP contribution < -0.4 is 11.1 Å². The van der Waals surface area contributed by atoms with Gasteiger partial charge < -0.3 is 11.1 Å². The maximum atomic E-state index is 7.21. The molecular formula is C14H22N4. The number of nitrogens with one attached hydrogen (secondary N) is 2. The number of nitrogens with two attached hydrogens (primary N) is 1. The van der Waals surface area contributed by atoms with Gasteiger partial charge in [-0.25, -0.2) is 5.53 Å². The molecule has 0 aliphatic carbocycles. The molecule has 18 heavy (non-hydrogen) atoms. The first-order chi connectivity index (χ1) is 8.60. The number of nitrogens with zero attached hydrogens (tertiary/aromatic N) is 1. The van der Waals surface area contributed by atoms with Crippen LogP contribution in [0.2, 0.25) is 0 Å². The standard InChI is InChI=1S/C14H22N4/c1-3-9-14(2,15)13(18-16)11-17-10-12-7-5-4-6-8-12/h4-8,11,16-17H,3,9-10,15H2,1-2H3/b13-11-,18-16?. The largest absolute Gasteiger partial charge is 0.385 e. The highest BCUT2D eigenvalue weighted by molar-refractivity contribution is 5.17. The maximum absolute atomic E-state index is 7.21. The topological polar surface area (TPSA) is 74.3 Å². The zero-order chi connectivity index (χ0) is 13.4. The third kappa shape index (κ3) is 4.30. The van der Waals surface area contributed by atoms with Crippen molar-refractivity contribution in [3.63, 3.8) is 0 Å². The van der Waals surface area contributed by atoms with Gasteiger partial charge in [-0.3, -0.25) is 0 Å². The van der Waals surface area contributed by atoms with Crippen LogP contribution in [-0.2, 0) is 6.54 Å². The molecule has 1 aromatic carbocycles. The second kappa shape index (κ2) is 6.91. The van der Waals surface area contributed by atoms with Crippen molar-refractivity contribution in [3.8, 4) is 0 Å². The van der Waals surface area contributed by atoms with E-state index in [4.69, 9.17) is 11.3 Å². The van der Waals surface area contributed by atoms with E-state index in [9.17, 15) is 0 Å². The number of benzene rings is 1. The molecule has 0 saturated heterocycles. The van der Waals surface area contributed by atoms with Gasteiger partial charge in [0.05, 0.1) is 11.2 Å². The van der Waals surface area contributed by atoms with E-state index in [0.717, 1.165) is 12.8 Å². The van der Waals surface area contributed by atoms with Gasteiger partial charge in [0.25, 0.3) is 0 Å². The minimum atomic E-state index is -0.541. The first-order valence-corrected chi connectivity index (χ1v) is 6.24. The summed E-state index contributed by atoms with van der Waals surface area (Å²) < 4.78 is 0. The van der Waals surface area contributed by atoms with E-state index < -0.39 is 5.54 Å². The minimum absolute atomic E-state index is 0.541. The molecule has 1 aromatic rings. The lowest BCUT2D eigenvalue weighted by Crippen LogP contribution is -2.38. The Balaban J connectivity index is 2.61. The van der Waals surface area contributed by atoms with Crippen molar-refractivity contribution in [2.75, 3.05) is 0 Å².